The lowest BCUT2D eigenvalue weighted by Crippen LogP contribution is -2.79. The fourth-order valence-corrected chi connectivity index (χ4v) is 8.97. The number of ether oxygens (including phenoxy) is 4. The highest BCUT2D eigenvalue weighted by molar-refractivity contribution is 5.91. The van der Waals surface area contributed by atoms with E-state index in [-0.39, 0.29) is 31.3 Å². The first-order valence-electron chi connectivity index (χ1n) is 14.7. The second kappa shape index (κ2) is 10.4. The molecule has 2 bridgehead atoms. The molecule has 7 unspecified atom stereocenters. The number of carbonyl (C=O) groups excluding carboxylic acids is 3. The molecule has 1 heterocycles. The summed E-state index contributed by atoms with van der Waals surface area (Å²) in [6, 6.07) is -0.267. The van der Waals surface area contributed by atoms with Crippen molar-refractivity contribution in [2.24, 2.45) is 28.6 Å². The van der Waals surface area contributed by atoms with E-state index in [2.05, 4.69) is 0 Å². The molecule has 2 saturated carbocycles. The van der Waals surface area contributed by atoms with Gasteiger partial charge < -0.3 is 34.1 Å². The zero-order valence-electron chi connectivity index (χ0n) is 26.4. The normalized spacial score (nSPS) is 43.1. The summed E-state index contributed by atoms with van der Waals surface area (Å²) in [7, 11) is 5.16. The average Bonchev–Trinajstić information content (AvgIpc) is 2.87. The molecule has 0 aromatic heterocycles. The lowest BCUT2D eigenvalue weighted by Gasteiger charge is -2.68. The van der Waals surface area contributed by atoms with E-state index in [1.165, 1.54) is 14.0 Å². The summed E-state index contributed by atoms with van der Waals surface area (Å²) >= 11 is 0. The molecule has 0 aromatic carbocycles. The zero-order valence-corrected chi connectivity index (χ0v) is 26.4. The Labute approximate surface area is 243 Å². The van der Waals surface area contributed by atoms with Crippen LogP contribution in [0.2, 0.25) is 0 Å². The van der Waals surface area contributed by atoms with Crippen molar-refractivity contribution in [3.8, 4) is 0 Å². The minimum absolute atomic E-state index is 0.0697. The quantitative estimate of drug-likeness (QED) is 0.357. The molecule has 3 aliphatic carbocycles. The number of aliphatic hydroxyl groups is 2. The van der Waals surface area contributed by atoms with Gasteiger partial charge in [-0.3, -0.25) is 9.59 Å². The Kier molecular flexibility index (Phi) is 8.14. The van der Waals surface area contributed by atoms with Gasteiger partial charge in [0.25, 0.3) is 0 Å². The number of fused-ring (bicyclic) bond motifs is 5. The summed E-state index contributed by atoms with van der Waals surface area (Å²) in [5.41, 5.74) is -3.49. The molecule has 10 heteroatoms. The number of likely N-dealkylation sites (N-methyl/N-ethyl adjacent to an activating group) is 1. The molecule has 0 radical (unpaired) electrons. The smallest absolute Gasteiger partial charge is 0.337 e. The lowest BCUT2D eigenvalue weighted by atomic mass is 9.42. The van der Waals surface area contributed by atoms with Gasteiger partial charge in [0.1, 0.15) is 18.0 Å². The van der Waals surface area contributed by atoms with E-state index >= 15 is 0 Å². The van der Waals surface area contributed by atoms with Gasteiger partial charge in [-0.25, -0.2) is 4.79 Å². The number of hydrogen-bond donors (Lipinski definition) is 2. The van der Waals surface area contributed by atoms with Crippen molar-refractivity contribution in [3.63, 3.8) is 0 Å². The number of ketones is 1. The van der Waals surface area contributed by atoms with E-state index in [0.717, 1.165) is 5.57 Å². The fourth-order valence-electron chi connectivity index (χ4n) is 8.97. The van der Waals surface area contributed by atoms with Crippen molar-refractivity contribution in [2.45, 2.75) is 110 Å². The van der Waals surface area contributed by atoms with Crippen LogP contribution in [0.3, 0.4) is 0 Å². The van der Waals surface area contributed by atoms with Crippen LogP contribution in [-0.2, 0) is 33.3 Å². The highest BCUT2D eigenvalue weighted by Gasteiger charge is 2.75. The summed E-state index contributed by atoms with van der Waals surface area (Å²) < 4.78 is 23.5. The minimum Gasteiger partial charge on any atom is -0.456 e. The lowest BCUT2D eigenvalue weighted by molar-refractivity contribution is -0.338. The molecule has 4 rings (SSSR count). The molecule has 0 aromatic rings. The Hall–Kier alpha value is -1.85. The second-order valence-corrected chi connectivity index (χ2v) is 13.9. The molecule has 0 amide bonds. The van der Waals surface area contributed by atoms with Crippen LogP contribution in [0.15, 0.2) is 11.1 Å². The van der Waals surface area contributed by atoms with E-state index in [1.54, 1.807) is 13.8 Å². The summed E-state index contributed by atoms with van der Waals surface area (Å²) in [5, 5.41) is 24.4. The van der Waals surface area contributed by atoms with E-state index in [0.29, 0.717) is 5.57 Å². The monoisotopic (exact) mass is 579 g/mol. The first kappa shape index (κ1) is 32.1. The SMILES string of the molecule is COC(C(=O)OC1CC2(O)[C@@H](C)C3[C@]4(OC(C)=O)COC4CC(O)[C@@]3(C)C(=O)[C@H](C)C(=C1C)C2(C)C)C(C)N(C)C. The number of hydrogen-bond acceptors (Lipinski definition) is 10. The maximum absolute atomic E-state index is 14.6. The minimum atomic E-state index is -1.51. The van der Waals surface area contributed by atoms with Crippen LogP contribution in [0.4, 0.5) is 0 Å². The largest absolute Gasteiger partial charge is 0.456 e. The molecule has 2 N–H and O–H groups in total. The summed E-state index contributed by atoms with van der Waals surface area (Å²) in [6.45, 7) is 14.4. The number of carbonyl (C=O) groups is 3. The Bertz CT molecular complexity index is 1130. The molecule has 4 aliphatic rings. The Morgan fingerprint density at radius 1 is 1.17 bits per heavy atom. The zero-order chi connectivity index (χ0) is 31.0. The van der Waals surface area contributed by atoms with Crippen LogP contribution < -0.4 is 0 Å². The number of Topliss-reactive ketones (excluding diaryl/α,β-unsaturated/α-hetero) is 1. The highest BCUT2D eigenvalue weighted by atomic mass is 16.6. The average molecular weight is 580 g/mol. The van der Waals surface area contributed by atoms with Crippen molar-refractivity contribution in [1.82, 2.24) is 4.90 Å². The molecule has 3 fully saturated rings. The Morgan fingerprint density at radius 3 is 2.27 bits per heavy atom. The van der Waals surface area contributed by atoms with Crippen LogP contribution in [0.5, 0.6) is 0 Å². The summed E-state index contributed by atoms with van der Waals surface area (Å²) in [4.78, 5) is 42.4. The summed E-state index contributed by atoms with van der Waals surface area (Å²) in [6.07, 6.45) is -3.11. The van der Waals surface area contributed by atoms with Crippen molar-refractivity contribution in [1.29, 1.82) is 0 Å². The second-order valence-electron chi connectivity index (χ2n) is 13.9. The van der Waals surface area contributed by atoms with Gasteiger partial charge in [0, 0.05) is 50.2 Å². The number of methoxy groups -OCH3 is 1. The topological polar surface area (TPSA) is 132 Å². The molecular formula is C31H49NO9. The van der Waals surface area contributed by atoms with Crippen LogP contribution in [0.25, 0.3) is 0 Å². The number of esters is 2. The van der Waals surface area contributed by atoms with Crippen LogP contribution in [0, 0.1) is 28.6 Å². The highest BCUT2D eigenvalue weighted by Crippen LogP contribution is 2.66. The molecule has 41 heavy (non-hydrogen) atoms. The number of rotatable bonds is 6. The standard InChI is InChI=1S/C31H49NO9/c1-15-20(40-27(36)24(38-11)18(4)32(9)10)13-31(37)17(3)25-29(8,26(35)16(2)23(15)28(31,6)7)21(34)12-22-30(25,14-39-22)41-19(5)33/h16-18,20-22,24-25,34,37H,12-14H2,1-11H3/t16-,17+,18?,20?,21?,22?,24?,25?,29-,30+,31?/m1/s1. The Balaban J connectivity index is 1.89. The number of aliphatic hydroxyl groups excluding tert-OH is 1. The van der Waals surface area contributed by atoms with E-state index < -0.39 is 76.1 Å². The van der Waals surface area contributed by atoms with Crippen LogP contribution in [0.1, 0.15) is 68.2 Å². The predicted octanol–water partition coefficient (Wildman–Crippen LogP) is 2.28. The third-order valence-corrected chi connectivity index (χ3v) is 11.5. The molecule has 11 atom stereocenters. The first-order chi connectivity index (χ1) is 18.8. The van der Waals surface area contributed by atoms with Gasteiger partial charge in [-0.2, -0.15) is 0 Å². The predicted molar refractivity (Wildman–Crippen MR) is 150 cm³/mol. The first-order valence-corrected chi connectivity index (χ1v) is 14.7. The summed E-state index contributed by atoms with van der Waals surface area (Å²) in [5.74, 6) is -3.37. The molecule has 1 saturated heterocycles. The Morgan fingerprint density at radius 2 is 1.78 bits per heavy atom. The van der Waals surface area contributed by atoms with Crippen molar-refractivity contribution in [2.75, 3.05) is 27.8 Å². The molecule has 0 spiro atoms. The number of nitrogens with zero attached hydrogens (tertiary/aromatic N) is 1. The molecule has 232 valence electrons. The van der Waals surface area contributed by atoms with Crippen molar-refractivity contribution in [3.05, 3.63) is 11.1 Å². The van der Waals surface area contributed by atoms with Gasteiger partial charge in [0.05, 0.1) is 23.7 Å². The third-order valence-electron chi connectivity index (χ3n) is 11.5. The van der Waals surface area contributed by atoms with E-state index in [1.807, 2.05) is 53.6 Å². The molecular weight excluding hydrogens is 530 g/mol. The maximum Gasteiger partial charge on any atom is 0.337 e. The van der Waals surface area contributed by atoms with E-state index in [9.17, 15) is 24.6 Å². The van der Waals surface area contributed by atoms with Gasteiger partial charge in [-0.1, -0.05) is 27.7 Å². The third kappa shape index (κ3) is 4.34. The van der Waals surface area contributed by atoms with Crippen molar-refractivity contribution < 1.29 is 43.5 Å². The van der Waals surface area contributed by atoms with Gasteiger partial charge in [-0.05, 0) is 51.9 Å². The van der Waals surface area contributed by atoms with Gasteiger partial charge in [-0.15, -0.1) is 0 Å². The maximum atomic E-state index is 14.6. The molecule has 1 aliphatic heterocycles. The van der Waals surface area contributed by atoms with Crippen molar-refractivity contribution >= 4 is 17.7 Å². The fraction of sp³-hybridized carbons (Fsp3) is 0.839. The van der Waals surface area contributed by atoms with Gasteiger partial charge in [0.15, 0.2) is 11.7 Å². The van der Waals surface area contributed by atoms with Gasteiger partial charge in [0.2, 0.25) is 0 Å². The van der Waals surface area contributed by atoms with Crippen LogP contribution in [-0.4, -0.2) is 102 Å². The van der Waals surface area contributed by atoms with Crippen LogP contribution >= 0.6 is 0 Å². The molecule has 10 nitrogen and oxygen atoms in total. The van der Waals surface area contributed by atoms with Gasteiger partial charge >= 0.3 is 11.9 Å². The van der Waals surface area contributed by atoms with E-state index in [4.69, 9.17) is 18.9 Å².